The lowest BCUT2D eigenvalue weighted by Crippen LogP contribution is -1.96. The molecule has 3 heteroatoms. The predicted octanol–water partition coefficient (Wildman–Crippen LogP) is 3.24. The Kier molecular flexibility index (Phi) is 2.95. The highest BCUT2D eigenvalue weighted by atomic mass is 16.5. The van der Waals surface area contributed by atoms with Crippen molar-refractivity contribution in [3.63, 3.8) is 0 Å². The van der Waals surface area contributed by atoms with Gasteiger partial charge in [-0.1, -0.05) is 18.2 Å². The molecule has 0 N–H and O–H groups in total. The maximum Gasteiger partial charge on any atom is 0.118 e. The molecule has 0 bridgehead atoms. The van der Waals surface area contributed by atoms with Crippen LogP contribution in [0.15, 0.2) is 48.8 Å². The van der Waals surface area contributed by atoms with E-state index in [1.807, 2.05) is 18.3 Å². The van der Waals surface area contributed by atoms with E-state index in [-0.39, 0.29) is 0 Å². The van der Waals surface area contributed by atoms with E-state index >= 15 is 0 Å². The molecule has 19 heavy (non-hydrogen) atoms. The molecule has 0 radical (unpaired) electrons. The first-order valence-electron chi connectivity index (χ1n) is 6.32. The number of aryl methyl sites for hydroxylation is 1. The Morgan fingerprint density at radius 1 is 1.16 bits per heavy atom. The van der Waals surface area contributed by atoms with Crippen LogP contribution in [0, 0.1) is 6.92 Å². The zero-order valence-corrected chi connectivity index (χ0v) is 11.1. The molecule has 0 unspecified atom stereocenters. The molecule has 3 nitrogen and oxygen atoms in total. The summed E-state index contributed by atoms with van der Waals surface area (Å²) in [4.78, 5) is 4.53. The molecule has 0 atom stereocenters. The third-order valence-electron chi connectivity index (χ3n) is 3.38. The smallest absolute Gasteiger partial charge is 0.118 e. The number of aromatic nitrogens is 2. The molecule has 0 fully saturated rings. The minimum Gasteiger partial charge on any atom is -0.497 e. The van der Waals surface area contributed by atoms with Gasteiger partial charge in [0.05, 0.1) is 18.8 Å². The SMILES string of the molecule is COc1ccc(Cc2ncc3c(C)cccn23)cc1. The summed E-state index contributed by atoms with van der Waals surface area (Å²) < 4.78 is 7.32. The van der Waals surface area contributed by atoms with Crippen molar-refractivity contribution in [2.75, 3.05) is 7.11 Å². The molecule has 0 amide bonds. The van der Waals surface area contributed by atoms with Crippen LogP contribution in [0.3, 0.4) is 0 Å². The van der Waals surface area contributed by atoms with E-state index in [9.17, 15) is 0 Å². The molecule has 0 saturated carbocycles. The van der Waals surface area contributed by atoms with Crippen LogP contribution in [-0.2, 0) is 6.42 Å². The zero-order valence-electron chi connectivity index (χ0n) is 11.1. The van der Waals surface area contributed by atoms with E-state index < -0.39 is 0 Å². The quantitative estimate of drug-likeness (QED) is 0.715. The van der Waals surface area contributed by atoms with Crippen LogP contribution >= 0.6 is 0 Å². The van der Waals surface area contributed by atoms with Gasteiger partial charge in [0.15, 0.2) is 0 Å². The van der Waals surface area contributed by atoms with Crippen LogP contribution < -0.4 is 4.74 Å². The molecule has 3 rings (SSSR count). The van der Waals surface area contributed by atoms with E-state index in [0.29, 0.717) is 0 Å². The monoisotopic (exact) mass is 252 g/mol. The summed E-state index contributed by atoms with van der Waals surface area (Å²) in [6, 6.07) is 12.3. The van der Waals surface area contributed by atoms with Gasteiger partial charge in [0.1, 0.15) is 11.6 Å². The molecule has 96 valence electrons. The minimum atomic E-state index is 0.821. The summed E-state index contributed by atoms with van der Waals surface area (Å²) in [5, 5.41) is 0. The Balaban J connectivity index is 1.94. The van der Waals surface area contributed by atoms with Crippen molar-refractivity contribution in [2.24, 2.45) is 0 Å². The number of benzene rings is 1. The lowest BCUT2D eigenvalue weighted by Gasteiger charge is -2.04. The third-order valence-corrected chi connectivity index (χ3v) is 3.38. The van der Waals surface area contributed by atoms with Gasteiger partial charge in [-0.05, 0) is 36.2 Å². The average molecular weight is 252 g/mol. The van der Waals surface area contributed by atoms with E-state index in [4.69, 9.17) is 4.74 Å². The largest absolute Gasteiger partial charge is 0.497 e. The van der Waals surface area contributed by atoms with Crippen LogP contribution in [0.1, 0.15) is 17.0 Å². The number of hydrogen-bond donors (Lipinski definition) is 0. The number of ether oxygens (including phenoxy) is 1. The topological polar surface area (TPSA) is 26.5 Å². The second-order valence-corrected chi connectivity index (χ2v) is 4.65. The van der Waals surface area contributed by atoms with Crippen molar-refractivity contribution in [1.29, 1.82) is 0 Å². The molecule has 1 aromatic carbocycles. The molecule has 2 aromatic heterocycles. The second-order valence-electron chi connectivity index (χ2n) is 4.65. The standard InChI is InChI=1S/C16H16N2O/c1-12-4-3-9-18-15(12)11-17-16(18)10-13-5-7-14(19-2)8-6-13/h3-9,11H,10H2,1-2H3. The van der Waals surface area contributed by atoms with Gasteiger partial charge in [0, 0.05) is 12.6 Å². The highest BCUT2D eigenvalue weighted by Crippen LogP contribution is 2.17. The maximum absolute atomic E-state index is 5.17. The Morgan fingerprint density at radius 3 is 2.68 bits per heavy atom. The van der Waals surface area contributed by atoms with Crippen LogP contribution in [-0.4, -0.2) is 16.5 Å². The normalized spacial score (nSPS) is 10.8. The van der Waals surface area contributed by atoms with Gasteiger partial charge in [-0.15, -0.1) is 0 Å². The fourth-order valence-corrected chi connectivity index (χ4v) is 2.27. The van der Waals surface area contributed by atoms with Crippen molar-refractivity contribution >= 4 is 5.52 Å². The van der Waals surface area contributed by atoms with Crippen LogP contribution in [0.4, 0.5) is 0 Å². The molecule has 0 aliphatic carbocycles. The van der Waals surface area contributed by atoms with Gasteiger partial charge in [-0.3, -0.25) is 0 Å². The minimum absolute atomic E-state index is 0.821. The molecular formula is C16H16N2O. The highest BCUT2D eigenvalue weighted by molar-refractivity contribution is 5.53. The Bertz CT molecular complexity index is 698. The van der Waals surface area contributed by atoms with Gasteiger partial charge in [0.2, 0.25) is 0 Å². The summed E-state index contributed by atoms with van der Waals surface area (Å²) in [6.07, 6.45) is 4.82. The molecule has 3 aromatic rings. The van der Waals surface area contributed by atoms with Gasteiger partial charge < -0.3 is 9.14 Å². The first-order chi connectivity index (χ1) is 9.28. The molecule has 0 aliphatic heterocycles. The van der Waals surface area contributed by atoms with Crippen molar-refractivity contribution in [3.05, 3.63) is 65.7 Å². The summed E-state index contributed by atoms with van der Waals surface area (Å²) in [5.74, 6) is 1.94. The molecule has 0 saturated heterocycles. The third kappa shape index (κ3) is 2.19. The van der Waals surface area contributed by atoms with Crippen LogP contribution in [0.25, 0.3) is 5.52 Å². The maximum atomic E-state index is 5.17. The van der Waals surface area contributed by atoms with E-state index in [2.05, 4.69) is 46.8 Å². The van der Waals surface area contributed by atoms with E-state index in [1.54, 1.807) is 7.11 Å². The van der Waals surface area contributed by atoms with Gasteiger partial charge in [-0.25, -0.2) is 4.98 Å². The molecule has 0 aliphatic rings. The number of methoxy groups -OCH3 is 1. The lowest BCUT2D eigenvalue weighted by atomic mass is 10.1. The van der Waals surface area contributed by atoms with Gasteiger partial charge in [0.25, 0.3) is 0 Å². The van der Waals surface area contributed by atoms with E-state index in [0.717, 1.165) is 18.0 Å². The fraction of sp³-hybridized carbons (Fsp3) is 0.188. The first-order valence-corrected chi connectivity index (χ1v) is 6.32. The Hall–Kier alpha value is -2.29. The zero-order chi connectivity index (χ0) is 13.2. The van der Waals surface area contributed by atoms with Crippen LogP contribution in [0.2, 0.25) is 0 Å². The summed E-state index contributed by atoms with van der Waals surface area (Å²) >= 11 is 0. The van der Waals surface area contributed by atoms with Crippen molar-refractivity contribution in [3.8, 4) is 5.75 Å². The van der Waals surface area contributed by atoms with E-state index in [1.165, 1.54) is 16.6 Å². The highest BCUT2D eigenvalue weighted by Gasteiger charge is 2.06. The van der Waals surface area contributed by atoms with Crippen molar-refractivity contribution in [2.45, 2.75) is 13.3 Å². The Morgan fingerprint density at radius 2 is 1.95 bits per heavy atom. The summed E-state index contributed by atoms with van der Waals surface area (Å²) in [6.45, 7) is 2.11. The number of nitrogens with zero attached hydrogens (tertiary/aromatic N) is 2. The Labute approximate surface area is 112 Å². The lowest BCUT2D eigenvalue weighted by molar-refractivity contribution is 0.414. The second kappa shape index (κ2) is 4.76. The van der Waals surface area contributed by atoms with Crippen LogP contribution in [0.5, 0.6) is 5.75 Å². The molecule has 2 heterocycles. The summed E-state index contributed by atoms with van der Waals surface area (Å²) in [7, 11) is 1.68. The first kappa shape index (κ1) is 11.8. The van der Waals surface area contributed by atoms with Crippen molar-refractivity contribution < 1.29 is 4.74 Å². The van der Waals surface area contributed by atoms with Crippen molar-refractivity contribution in [1.82, 2.24) is 9.38 Å². The number of imidazole rings is 1. The molecular weight excluding hydrogens is 236 g/mol. The number of pyridine rings is 1. The summed E-state index contributed by atoms with van der Waals surface area (Å²) in [5.41, 5.74) is 3.65. The fourth-order valence-electron chi connectivity index (χ4n) is 2.27. The average Bonchev–Trinajstić information content (AvgIpc) is 2.84. The number of hydrogen-bond acceptors (Lipinski definition) is 2. The number of fused-ring (bicyclic) bond motifs is 1. The predicted molar refractivity (Wildman–Crippen MR) is 75.7 cm³/mol. The van der Waals surface area contributed by atoms with Gasteiger partial charge >= 0.3 is 0 Å². The van der Waals surface area contributed by atoms with Gasteiger partial charge in [-0.2, -0.15) is 0 Å². The molecule has 0 spiro atoms. The number of rotatable bonds is 3.